The van der Waals surface area contributed by atoms with Crippen molar-refractivity contribution in [3.05, 3.63) is 236 Å². The van der Waals surface area contributed by atoms with Crippen molar-refractivity contribution in [3.63, 3.8) is 0 Å². The summed E-state index contributed by atoms with van der Waals surface area (Å²) in [6.45, 7) is 21.7. The number of nitrogens with zero attached hydrogens (tertiary/aromatic N) is 10. The smallest absolute Gasteiger partial charge is 0.159 e. The summed E-state index contributed by atoms with van der Waals surface area (Å²) >= 11 is 9.28. The van der Waals surface area contributed by atoms with Crippen LogP contribution in [0.5, 0.6) is 5.75 Å². The first-order valence-electron chi connectivity index (χ1n) is 40.2. The normalized spacial score (nSPS) is 15.6. The minimum absolute atomic E-state index is 0.116. The quantitative estimate of drug-likeness (QED) is 0.0506. The van der Waals surface area contributed by atoms with E-state index < -0.39 is 0 Å². The number of Topliss-reactive ketones (excluding diaryl/α,β-unsaturated/α-hetero) is 1. The average molecular weight is 1610 g/mol. The molecule has 16 rings (SSSR count). The summed E-state index contributed by atoms with van der Waals surface area (Å²) in [6.07, 6.45) is 6.47. The van der Waals surface area contributed by atoms with Gasteiger partial charge in [-0.1, -0.05) is 170 Å². The summed E-state index contributed by atoms with van der Waals surface area (Å²) in [7, 11) is 23.5. The second-order valence-electron chi connectivity index (χ2n) is 32.7. The molecule has 1 fully saturated rings. The maximum Gasteiger partial charge on any atom is 0.159 e. The summed E-state index contributed by atoms with van der Waals surface area (Å²) < 4.78 is 6.41. The number of quaternary nitrogens is 1. The van der Waals surface area contributed by atoms with Crippen LogP contribution in [0, 0.1) is 24.7 Å². The van der Waals surface area contributed by atoms with Crippen LogP contribution >= 0.6 is 58.8 Å². The average Bonchev–Trinajstić information content (AvgIpc) is 0.800. The van der Waals surface area contributed by atoms with Crippen LogP contribution in [-0.4, -0.2) is 179 Å². The number of ether oxygens (including phenoxy) is 1. The number of methoxy groups -OCH3 is 1. The maximum absolute atomic E-state index is 11.8. The van der Waals surface area contributed by atoms with Gasteiger partial charge in [0.05, 0.1) is 91.7 Å². The van der Waals surface area contributed by atoms with E-state index in [1.807, 2.05) is 65.2 Å². The molecule has 0 aliphatic carbocycles. The molecule has 0 radical (unpaired) electrons. The number of anilines is 10. The Bertz CT molecular complexity index is 4720. The summed E-state index contributed by atoms with van der Waals surface area (Å²) in [6, 6.07) is 80.7. The maximum atomic E-state index is 11.8. The van der Waals surface area contributed by atoms with Crippen LogP contribution in [0.2, 0.25) is 0 Å². The number of benzene rings is 10. The summed E-state index contributed by atoms with van der Waals surface area (Å²) in [4.78, 5) is 46.6. The van der Waals surface area contributed by atoms with Gasteiger partial charge >= 0.3 is 0 Å². The summed E-state index contributed by atoms with van der Waals surface area (Å²) in [5.74, 6) is 3.09. The van der Waals surface area contributed by atoms with Crippen molar-refractivity contribution in [1.82, 2.24) is 19.6 Å². The lowest BCUT2D eigenvalue weighted by molar-refractivity contribution is -0.892. The SMILES string of the molecule is CC(=O)c1ccc2c(c1)N(CCCN(C)C)c1ccccc1S2.CC(CN1c2ccccc2Sc2ccccc21)[N+](C)(C)C.CN1CCCC(CCCN2c3ccccc3Sc3ccccc32)C1.COc1ccc2c(c1)N(CC(C)CN(C)C)c1ccccc1S2.Cc1ccc2c(c1)N(CC(C)CN(C)C)c1ccccc1S2. The molecule has 6 aliphatic rings. The van der Waals surface area contributed by atoms with Crippen LogP contribution in [0.1, 0.15) is 75.7 Å². The minimum Gasteiger partial charge on any atom is -0.497 e. The van der Waals surface area contributed by atoms with E-state index >= 15 is 0 Å². The molecule has 594 valence electrons. The first kappa shape index (κ1) is 84.6. The van der Waals surface area contributed by atoms with E-state index in [9.17, 15) is 4.79 Å². The predicted octanol–water partition coefficient (Wildman–Crippen LogP) is 23.5. The van der Waals surface area contributed by atoms with Crippen LogP contribution in [0.3, 0.4) is 0 Å². The number of hydrogen-bond acceptors (Lipinski definition) is 16. The fourth-order valence-corrected chi connectivity index (χ4v) is 21.1. The molecule has 17 heteroatoms. The van der Waals surface area contributed by atoms with Gasteiger partial charge in [-0.3, -0.25) is 4.79 Å². The number of likely N-dealkylation sites (tertiary alicyclic amines) is 1. The fourth-order valence-electron chi connectivity index (χ4n) is 15.6. The molecule has 0 spiro atoms. The number of aryl methyl sites for hydroxylation is 1. The van der Waals surface area contributed by atoms with Gasteiger partial charge in [-0.15, -0.1) is 0 Å². The molecule has 4 atom stereocenters. The molecule has 0 amide bonds. The Kier molecular flexibility index (Phi) is 29.7. The number of ketones is 1. The Balaban J connectivity index is 0.000000131. The highest BCUT2D eigenvalue weighted by Crippen LogP contribution is 2.54. The first-order valence-corrected chi connectivity index (χ1v) is 44.3. The molecule has 1 saturated heterocycles. The Morgan fingerprint density at radius 3 is 1.19 bits per heavy atom. The lowest BCUT2D eigenvalue weighted by Gasteiger charge is -2.39. The Morgan fingerprint density at radius 2 is 0.796 bits per heavy atom. The number of rotatable bonds is 21. The molecule has 10 aromatic carbocycles. The van der Waals surface area contributed by atoms with Crippen molar-refractivity contribution in [2.45, 2.75) is 122 Å². The van der Waals surface area contributed by atoms with Crippen LogP contribution in [0.15, 0.2) is 273 Å². The second kappa shape index (κ2) is 39.7. The monoisotopic (exact) mass is 1600 g/mol. The summed E-state index contributed by atoms with van der Waals surface area (Å²) in [5, 5.41) is 0. The third kappa shape index (κ3) is 22.1. The standard InChI is InChI=1S/C21H26N2S.C19H24N2OS.C19H22N2OS.C19H24N2S.C18H23N2S/c1-22-14-6-8-17(16-22)9-7-15-23-18-10-2-4-12-20(18)24-21-13-5-3-11-19(21)23;1-14(12-20(2)3)13-21-16-7-5-6-8-18(16)23-19-10-9-15(22-4)11-17(19)21;1-14(22)15-9-10-19-17(13-15)21(12-6-11-20(2)3)16-7-4-5-8-18(16)23-19;1-14-9-10-19-17(11-14)21(13-15(2)12-20(3)4)16-7-5-6-8-18(16)22-19;1-14(20(2,3)4)13-19-15-9-5-7-11-17(15)21-18-12-8-6-10-16(18)19/h2-5,10-13,17H,6-9,14-16H2,1H3;5-11,14H,12-13H2,1-4H3;4-5,7-10,13H,6,11-12H2,1-3H3;5-11,15H,12-13H2,1-4H3;5-12,14H,13H2,1-4H3/q;;;;+1. The van der Waals surface area contributed by atoms with E-state index in [1.165, 1.54) is 144 Å². The van der Waals surface area contributed by atoms with E-state index in [0.29, 0.717) is 17.9 Å². The number of para-hydroxylation sites is 7. The molecule has 113 heavy (non-hydrogen) atoms. The van der Waals surface area contributed by atoms with Gasteiger partial charge in [0.2, 0.25) is 0 Å². The van der Waals surface area contributed by atoms with Gasteiger partial charge in [0.1, 0.15) is 11.8 Å². The van der Waals surface area contributed by atoms with Crippen molar-refractivity contribution in [2.75, 3.05) is 168 Å². The highest BCUT2D eigenvalue weighted by atomic mass is 32.2. The number of carbonyl (C=O) groups excluding carboxylic acids is 1. The highest BCUT2D eigenvalue weighted by molar-refractivity contribution is 8.00. The second-order valence-corrected chi connectivity index (χ2v) is 38.2. The molecule has 0 saturated carbocycles. The Labute approximate surface area is 698 Å². The molecule has 6 aliphatic heterocycles. The molecular weight excluding hydrogens is 1490 g/mol. The molecule has 0 bridgehead atoms. The zero-order chi connectivity index (χ0) is 79.9. The molecule has 4 unspecified atom stereocenters. The van der Waals surface area contributed by atoms with Crippen molar-refractivity contribution < 1.29 is 14.0 Å². The largest absolute Gasteiger partial charge is 0.497 e. The lowest BCUT2D eigenvalue weighted by atomic mass is 9.93. The first-order chi connectivity index (χ1) is 54.5. The molecule has 0 aromatic heterocycles. The van der Waals surface area contributed by atoms with Crippen molar-refractivity contribution in [2.24, 2.45) is 17.8 Å². The summed E-state index contributed by atoms with van der Waals surface area (Å²) in [5.41, 5.74) is 15.2. The van der Waals surface area contributed by atoms with Crippen molar-refractivity contribution in [1.29, 1.82) is 0 Å². The molecule has 6 heterocycles. The topological polar surface area (TPSA) is 55.5 Å². The molecule has 10 aromatic rings. The third-order valence-electron chi connectivity index (χ3n) is 21.5. The molecular formula is C96H119N10O2S5+. The van der Waals surface area contributed by atoms with E-state index in [1.54, 1.807) is 25.8 Å². The van der Waals surface area contributed by atoms with Gasteiger partial charge in [-0.05, 0) is 260 Å². The van der Waals surface area contributed by atoms with Crippen LogP contribution < -0.4 is 29.2 Å². The Morgan fingerprint density at radius 1 is 0.442 bits per heavy atom. The predicted molar refractivity (Wildman–Crippen MR) is 487 cm³/mol. The number of carbonyl (C=O) groups is 1. The van der Waals surface area contributed by atoms with E-state index in [4.69, 9.17) is 4.74 Å². The highest BCUT2D eigenvalue weighted by Gasteiger charge is 2.32. The Hall–Kier alpha value is -7.78. The van der Waals surface area contributed by atoms with Crippen LogP contribution in [0.4, 0.5) is 56.9 Å². The minimum atomic E-state index is 0.116. The van der Waals surface area contributed by atoms with Crippen LogP contribution in [0.25, 0.3) is 0 Å². The van der Waals surface area contributed by atoms with Gasteiger partial charge in [0, 0.05) is 106 Å². The lowest BCUT2D eigenvalue weighted by Crippen LogP contribution is -2.49. The van der Waals surface area contributed by atoms with E-state index in [-0.39, 0.29) is 5.78 Å². The zero-order valence-electron chi connectivity index (χ0n) is 69.6. The number of hydrogen-bond donors (Lipinski definition) is 0. The van der Waals surface area contributed by atoms with Crippen molar-refractivity contribution in [3.8, 4) is 5.75 Å². The zero-order valence-corrected chi connectivity index (χ0v) is 73.7. The number of likely N-dealkylation sites (N-methyl/N-ethyl adjacent to an activating group) is 1. The van der Waals surface area contributed by atoms with Gasteiger partial charge in [0.15, 0.2) is 5.78 Å². The third-order valence-corrected chi connectivity index (χ3v) is 27.2. The number of fused-ring (bicyclic) bond motifs is 10. The molecule has 0 N–H and O–H groups in total. The fraction of sp³-hybridized carbons (Fsp3) is 0.365. The van der Waals surface area contributed by atoms with E-state index in [0.717, 1.165) is 86.2 Å². The van der Waals surface area contributed by atoms with Gasteiger partial charge < -0.3 is 53.3 Å². The van der Waals surface area contributed by atoms with Gasteiger partial charge in [-0.2, -0.15) is 0 Å². The van der Waals surface area contributed by atoms with Crippen molar-refractivity contribution >= 4 is 121 Å². The van der Waals surface area contributed by atoms with E-state index in [2.05, 4.69) is 349 Å². The van der Waals surface area contributed by atoms with Gasteiger partial charge in [0.25, 0.3) is 0 Å². The van der Waals surface area contributed by atoms with Crippen LogP contribution in [-0.2, 0) is 0 Å². The van der Waals surface area contributed by atoms with Gasteiger partial charge in [-0.25, -0.2) is 0 Å². The number of piperidine rings is 1. The molecule has 12 nitrogen and oxygen atoms in total.